The molecule has 0 spiro atoms. The number of carbonyl (C=O) groups excluding carboxylic acids is 1. The Labute approximate surface area is 224 Å². The van der Waals surface area contributed by atoms with Crippen molar-refractivity contribution in [3.05, 3.63) is 89.8 Å². The Bertz CT molecular complexity index is 1410. The lowest BCUT2D eigenvalue weighted by Crippen LogP contribution is -2.29. The van der Waals surface area contributed by atoms with E-state index in [2.05, 4.69) is 58.6 Å². The van der Waals surface area contributed by atoms with Gasteiger partial charge in [0, 0.05) is 50.9 Å². The molecule has 0 bridgehead atoms. The fraction of sp³-hybridized carbons (Fsp3) is 0.333. The zero-order valence-corrected chi connectivity index (χ0v) is 22.8. The zero-order valence-electron chi connectivity index (χ0n) is 22.8. The molecule has 1 unspecified atom stereocenters. The van der Waals surface area contributed by atoms with E-state index >= 15 is 0 Å². The fourth-order valence-electron chi connectivity index (χ4n) is 4.43. The summed E-state index contributed by atoms with van der Waals surface area (Å²) in [4.78, 5) is 28.4. The summed E-state index contributed by atoms with van der Waals surface area (Å²) in [7, 11) is 3.38. The number of methoxy groups -OCH3 is 1. The van der Waals surface area contributed by atoms with Gasteiger partial charge in [0.2, 0.25) is 5.91 Å². The van der Waals surface area contributed by atoms with Gasteiger partial charge in [-0.15, -0.1) is 0 Å². The third-order valence-electron chi connectivity index (χ3n) is 6.65. The van der Waals surface area contributed by atoms with Crippen molar-refractivity contribution in [3.63, 3.8) is 0 Å². The molecule has 1 aromatic carbocycles. The first-order valence-corrected chi connectivity index (χ1v) is 13.0. The molecule has 38 heavy (non-hydrogen) atoms. The van der Waals surface area contributed by atoms with Crippen LogP contribution in [0.3, 0.4) is 0 Å². The van der Waals surface area contributed by atoms with E-state index in [4.69, 9.17) is 9.72 Å². The van der Waals surface area contributed by atoms with E-state index in [9.17, 15) is 4.79 Å². The van der Waals surface area contributed by atoms with Gasteiger partial charge in [-0.2, -0.15) is 0 Å². The van der Waals surface area contributed by atoms with Crippen LogP contribution >= 0.6 is 0 Å². The topological polar surface area (TPSA) is 84.7 Å². The van der Waals surface area contributed by atoms with Crippen LogP contribution < -0.4 is 5.32 Å². The number of pyridine rings is 1. The summed E-state index contributed by atoms with van der Waals surface area (Å²) in [5.41, 5.74) is 6.11. The fourth-order valence-corrected chi connectivity index (χ4v) is 4.43. The number of imidazole rings is 1. The summed E-state index contributed by atoms with van der Waals surface area (Å²) in [5.74, 6) is 1.56. The van der Waals surface area contributed by atoms with Crippen molar-refractivity contribution in [2.24, 2.45) is 0 Å². The Morgan fingerprint density at radius 2 is 1.95 bits per heavy atom. The van der Waals surface area contributed by atoms with Crippen LogP contribution in [-0.2, 0) is 22.5 Å². The van der Waals surface area contributed by atoms with Crippen molar-refractivity contribution in [1.82, 2.24) is 24.3 Å². The van der Waals surface area contributed by atoms with Gasteiger partial charge in [-0.25, -0.2) is 9.97 Å². The molecule has 8 heteroatoms. The Hall–Kier alpha value is -4.04. The number of anilines is 1. The van der Waals surface area contributed by atoms with Crippen molar-refractivity contribution < 1.29 is 9.53 Å². The number of carbonyl (C=O) groups is 1. The lowest BCUT2D eigenvalue weighted by Gasteiger charge is -2.22. The molecule has 0 saturated heterocycles. The normalized spacial score (nSPS) is 12.2. The van der Waals surface area contributed by atoms with Gasteiger partial charge in [0.05, 0.1) is 29.6 Å². The number of ether oxygens (including phenoxy) is 1. The monoisotopic (exact) mass is 512 g/mol. The number of likely N-dealkylation sites (N-methyl/N-ethyl adjacent to an activating group) is 1. The quantitative estimate of drug-likeness (QED) is 0.271. The first-order chi connectivity index (χ1) is 18.4. The molecule has 0 saturated carbocycles. The highest BCUT2D eigenvalue weighted by molar-refractivity contribution is 5.87. The zero-order chi connectivity index (χ0) is 27.1. The smallest absolute Gasteiger partial charge is 0.246 e. The number of fused-ring (bicyclic) bond motifs is 1. The van der Waals surface area contributed by atoms with Crippen LogP contribution in [0.1, 0.15) is 49.0 Å². The second-order valence-electron chi connectivity index (χ2n) is 9.38. The molecule has 8 nitrogen and oxygen atoms in total. The number of benzene rings is 1. The van der Waals surface area contributed by atoms with Crippen LogP contribution in [0.5, 0.6) is 0 Å². The molecular weight excluding hydrogens is 476 g/mol. The predicted octanol–water partition coefficient (Wildman–Crippen LogP) is 5.39. The first-order valence-electron chi connectivity index (χ1n) is 13.0. The van der Waals surface area contributed by atoms with Gasteiger partial charge in [0.25, 0.3) is 0 Å². The summed E-state index contributed by atoms with van der Waals surface area (Å²) in [6.07, 6.45) is 10.9. The molecule has 198 valence electrons. The van der Waals surface area contributed by atoms with Gasteiger partial charge in [-0.05, 0) is 43.5 Å². The maximum atomic E-state index is 12.7. The molecule has 0 aliphatic heterocycles. The molecule has 3 heterocycles. The number of aromatic nitrogens is 4. The molecule has 0 radical (unpaired) electrons. The number of nitrogens with zero attached hydrogens (tertiary/aromatic N) is 5. The summed E-state index contributed by atoms with van der Waals surface area (Å²) in [5, 5.41) is 3.43. The van der Waals surface area contributed by atoms with Crippen molar-refractivity contribution in [3.8, 4) is 11.3 Å². The Kier molecular flexibility index (Phi) is 8.86. The number of hydrogen-bond donors (Lipinski definition) is 1. The number of hydrogen-bond acceptors (Lipinski definition) is 6. The maximum Gasteiger partial charge on any atom is 0.246 e. The van der Waals surface area contributed by atoms with Crippen molar-refractivity contribution in [2.45, 2.75) is 46.2 Å². The van der Waals surface area contributed by atoms with Crippen LogP contribution in [0.4, 0.5) is 5.82 Å². The standard InChI is InChI=1S/C30H36N6O2/c1-6-8-23-14-15-32-26(19-23)33-20-24-10-12-25(13-11-24)28-29-21(2)31-16-17-36(29)30(34-28)22(3)35(4)27(37)9-7-18-38-5/h7,9-17,19,22H,6,8,18,20H2,1-5H3,(H,32,33). The largest absolute Gasteiger partial charge is 0.381 e. The third kappa shape index (κ3) is 6.08. The highest BCUT2D eigenvalue weighted by atomic mass is 16.5. The Balaban J connectivity index is 1.57. The lowest BCUT2D eigenvalue weighted by atomic mass is 10.1. The van der Waals surface area contributed by atoms with E-state index in [1.807, 2.05) is 30.6 Å². The minimum absolute atomic E-state index is 0.106. The van der Waals surface area contributed by atoms with Crippen LogP contribution in [0.15, 0.2) is 67.1 Å². The van der Waals surface area contributed by atoms with Crippen molar-refractivity contribution >= 4 is 17.2 Å². The molecular formula is C30H36N6O2. The molecule has 1 amide bonds. The third-order valence-corrected chi connectivity index (χ3v) is 6.65. The van der Waals surface area contributed by atoms with Crippen LogP contribution in [0, 0.1) is 6.92 Å². The van der Waals surface area contributed by atoms with E-state index in [1.165, 1.54) is 11.6 Å². The second-order valence-corrected chi connectivity index (χ2v) is 9.38. The number of rotatable bonds is 11. The molecule has 4 rings (SSSR count). The molecule has 0 fully saturated rings. The van der Waals surface area contributed by atoms with Gasteiger partial charge in [-0.1, -0.05) is 43.7 Å². The highest BCUT2D eigenvalue weighted by Crippen LogP contribution is 2.30. The molecule has 1 atom stereocenters. The minimum atomic E-state index is -0.253. The summed E-state index contributed by atoms with van der Waals surface area (Å²) < 4.78 is 7.05. The second kappa shape index (κ2) is 12.5. The van der Waals surface area contributed by atoms with E-state index in [0.29, 0.717) is 13.2 Å². The summed E-state index contributed by atoms with van der Waals surface area (Å²) >= 11 is 0. The van der Waals surface area contributed by atoms with Crippen LogP contribution in [-0.4, -0.2) is 50.9 Å². The molecule has 1 N–H and O–H groups in total. The number of aryl methyl sites for hydroxylation is 2. The minimum Gasteiger partial charge on any atom is -0.381 e. The predicted molar refractivity (Wildman–Crippen MR) is 151 cm³/mol. The summed E-state index contributed by atoms with van der Waals surface area (Å²) in [6.45, 7) is 7.21. The number of amides is 1. The number of nitrogens with one attached hydrogen (secondary N) is 1. The van der Waals surface area contributed by atoms with Gasteiger partial charge in [-0.3, -0.25) is 14.2 Å². The van der Waals surface area contributed by atoms with Gasteiger partial charge < -0.3 is 15.0 Å². The van der Waals surface area contributed by atoms with E-state index < -0.39 is 0 Å². The SMILES string of the molecule is CCCc1ccnc(NCc2ccc(-c3nc(C(C)N(C)C(=O)C=CCOC)n4ccnc(C)c34)cc2)c1. The Morgan fingerprint density at radius 3 is 2.68 bits per heavy atom. The van der Waals surface area contributed by atoms with E-state index in [-0.39, 0.29) is 11.9 Å². The van der Waals surface area contributed by atoms with Gasteiger partial charge in [0.15, 0.2) is 0 Å². The first kappa shape index (κ1) is 27.0. The van der Waals surface area contributed by atoms with Gasteiger partial charge >= 0.3 is 0 Å². The molecule has 0 aliphatic carbocycles. The van der Waals surface area contributed by atoms with Crippen molar-refractivity contribution in [1.29, 1.82) is 0 Å². The molecule has 3 aromatic heterocycles. The van der Waals surface area contributed by atoms with Crippen molar-refractivity contribution in [2.75, 3.05) is 26.1 Å². The highest BCUT2D eigenvalue weighted by Gasteiger charge is 2.23. The van der Waals surface area contributed by atoms with E-state index in [1.54, 1.807) is 31.3 Å². The van der Waals surface area contributed by atoms with Crippen LogP contribution in [0.25, 0.3) is 16.8 Å². The van der Waals surface area contributed by atoms with Gasteiger partial charge in [0.1, 0.15) is 11.6 Å². The molecule has 0 aliphatic rings. The van der Waals surface area contributed by atoms with E-state index in [0.717, 1.165) is 52.5 Å². The summed E-state index contributed by atoms with van der Waals surface area (Å²) in [6, 6.07) is 12.3. The lowest BCUT2D eigenvalue weighted by molar-refractivity contribution is -0.126. The van der Waals surface area contributed by atoms with Crippen LogP contribution in [0.2, 0.25) is 0 Å². The maximum absolute atomic E-state index is 12.7. The molecule has 4 aromatic rings. The average Bonchev–Trinajstić information content (AvgIpc) is 3.33. The average molecular weight is 513 g/mol. The Morgan fingerprint density at radius 1 is 1.16 bits per heavy atom.